The summed E-state index contributed by atoms with van der Waals surface area (Å²) in [6, 6.07) is 23.3. The van der Waals surface area contributed by atoms with Crippen LogP contribution in [0.3, 0.4) is 0 Å². The Morgan fingerprint density at radius 2 is 1.37 bits per heavy atom. The van der Waals surface area contributed by atoms with Gasteiger partial charge in [0.05, 0.1) is 20.8 Å². The summed E-state index contributed by atoms with van der Waals surface area (Å²) in [4.78, 5) is 9.91. The van der Waals surface area contributed by atoms with Gasteiger partial charge in [0.1, 0.15) is 43.3 Å². The molecule has 1 aliphatic rings. The summed E-state index contributed by atoms with van der Waals surface area (Å²) >= 11 is 0. The van der Waals surface area contributed by atoms with Gasteiger partial charge < -0.3 is 28.9 Å². The highest BCUT2D eigenvalue weighted by molar-refractivity contribution is 7.47. The second kappa shape index (κ2) is 12.0. The molecule has 3 aromatic carbocycles. The highest BCUT2D eigenvalue weighted by atomic mass is 31.2. The molecule has 5 atom stereocenters. The minimum absolute atomic E-state index is 0.161. The number of aliphatic hydroxyl groups excluding tert-OH is 1. The summed E-state index contributed by atoms with van der Waals surface area (Å²) in [5.41, 5.74) is 1.19. The van der Waals surface area contributed by atoms with Crippen LogP contribution in [0.15, 0.2) is 78.9 Å². The maximum absolute atomic E-state index is 12.2. The van der Waals surface area contributed by atoms with Crippen molar-refractivity contribution in [3.63, 3.8) is 0 Å². The Kier molecular flexibility index (Phi) is 8.95. The standard InChI is InChI=1S/C27H30BO9P/c1-32-21-13-9-19(10-14-21)27(18-7-5-4-6-8-18,20-11-15-22(33-2)16-12-20)35-17-23-25(24(29)26(28)36-23)37-38(30,31)34-3/h4-16,23-26,29H,17H2,1-3H3,(H,30,31)/t23-,24+,25?,26-/m1/s1. The van der Waals surface area contributed by atoms with Crippen molar-refractivity contribution in [3.05, 3.63) is 95.6 Å². The second-order valence-electron chi connectivity index (χ2n) is 8.67. The lowest BCUT2D eigenvalue weighted by Gasteiger charge is -2.37. The summed E-state index contributed by atoms with van der Waals surface area (Å²) in [5.74, 6) is 1.34. The molecular weight excluding hydrogens is 510 g/mol. The van der Waals surface area contributed by atoms with Crippen LogP contribution in [0, 0.1) is 0 Å². The summed E-state index contributed by atoms with van der Waals surface area (Å²) in [7, 11) is 5.66. The molecule has 38 heavy (non-hydrogen) atoms. The van der Waals surface area contributed by atoms with Gasteiger partial charge in [-0.3, -0.25) is 9.05 Å². The Bertz CT molecular complexity index is 1180. The predicted octanol–water partition coefficient (Wildman–Crippen LogP) is 3.40. The normalized spacial score (nSPS) is 23.1. The molecule has 9 nitrogen and oxygen atoms in total. The maximum Gasteiger partial charge on any atom is 0.472 e. The van der Waals surface area contributed by atoms with E-state index in [-0.39, 0.29) is 6.61 Å². The monoisotopic (exact) mass is 540 g/mol. The molecule has 1 fully saturated rings. The third kappa shape index (κ3) is 5.82. The molecule has 0 aliphatic carbocycles. The lowest BCUT2D eigenvalue weighted by atomic mass is 9.80. The average Bonchev–Trinajstić information content (AvgIpc) is 3.21. The molecule has 0 aromatic heterocycles. The number of phosphoric ester groups is 1. The van der Waals surface area contributed by atoms with Crippen molar-refractivity contribution in [2.24, 2.45) is 0 Å². The van der Waals surface area contributed by atoms with Crippen LogP contribution in [0.4, 0.5) is 0 Å². The molecule has 11 heteroatoms. The second-order valence-corrected chi connectivity index (χ2v) is 10.2. The summed E-state index contributed by atoms with van der Waals surface area (Å²) in [6.45, 7) is -0.161. The minimum atomic E-state index is -4.46. The highest BCUT2D eigenvalue weighted by Gasteiger charge is 2.47. The number of ether oxygens (including phenoxy) is 4. The number of phosphoric acid groups is 1. The van der Waals surface area contributed by atoms with Crippen LogP contribution >= 0.6 is 7.82 Å². The van der Waals surface area contributed by atoms with Crippen molar-refractivity contribution in [3.8, 4) is 11.5 Å². The molecule has 0 amide bonds. The van der Waals surface area contributed by atoms with Crippen LogP contribution in [-0.4, -0.2) is 70.1 Å². The Hall–Kier alpha value is -2.69. The first-order valence-electron chi connectivity index (χ1n) is 11.9. The van der Waals surface area contributed by atoms with Crippen molar-refractivity contribution in [2.75, 3.05) is 27.9 Å². The van der Waals surface area contributed by atoms with Gasteiger partial charge in [-0.25, -0.2) is 4.57 Å². The van der Waals surface area contributed by atoms with Crippen molar-refractivity contribution in [1.29, 1.82) is 0 Å². The largest absolute Gasteiger partial charge is 0.497 e. The van der Waals surface area contributed by atoms with E-state index in [0.29, 0.717) is 11.5 Å². The molecule has 4 rings (SSSR count). The van der Waals surface area contributed by atoms with Gasteiger partial charge in [-0.2, -0.15) is 0 Å². The highest BCUT2D eigenvalue weighted by Crippen LogP contribution is 2.47. The van der Waals surface area contributed by atoms with Crippen LogP contribution in [0.5, 0.6) is 11.5 Å². The zero-order chi connectivity index (χ0) is 27.3. The van der Waals surface area contributed by atoms with E-state index in [0.717, 1.165) is 23.8 Å². The van der Waals surface area contributed by atoms with E-state index in [2.05, 4.69) is 4.52 Å². The van der Waals surface area contributed by atoms with Crippen LogP contribution < -0.4 is 9.47 Å². The first kappa shape index (κ1) is 28.3. The molecule has 200 valence electrons. The zero-order valence-electron chi connectivity index (χ0n) is 21.3. The van der Waals surface area contributed by atoms with Gasteiger partial charge in [-0.05, 0) is 41.0 Å². The minimum Gasteiger partial charge on any atom is -0.497 e. The van der Waals surface area contributed by atoms with Crippen LogP contribution in [0.1, 0.15) is 16.7 Å². The molecular formula is C27H30BO9P. The van der Waals surface area contributed by atoms with Gasteiger partial charge >= 0.3 is 7.82 Å². The van der Waals surface area contributed by atoms with E-state index in [1.165, 1.54) is 0 Å². The Labute approximate surface area is 223 Å². The topological polar surface area (TPSA) is 113 Å². The van der Waals surface area contributed by atoms with E-state index < -0.39 is 37.7 Å². The lowest BCUT2D eigenvalue weighted by molar-refractivity contribution is -0.0744. The van der Waals surface area contributed by atoms with Gasteiger partial charge in [-0.15, -0.1) is 0 Å². The lowest BCUT2D eigenvalue weighted by Crippen LogP contribution is -2.40. The van der Waals surface area contributed by atoms with Gasteiger partial charge in [0.25, 0.3) is 0 Å². The fourth-order valence-electron chi connectivity index (χ4n) is 4.51. The van der Waals surface area contributed by atoms with Crippen LogP contribution in [-0.2, 0) is 28.7 Å². The molecule has 3 aromatic rings. The van der Waals surface area contributed by atoms with E-state index >= 15 is 0 Å². The summed E-state index contributed by atoms with van der Waals surface area (Å²) < 4.78 is 45.1. The summed E-state index contributed by atoms with van der Waals surface area (Å²) in [5, 5.41) is 10.5. The maximum atomic E-state index is 12.2. The number of hydrogen-bond acceptors (Lipinski definition) is 8. The predicted molar refractivity (Wildman–Crippen MR) is 140 cm³/mol. The number of methoxy groups -OCH3 is 2. The molecule has 1 heterocycles. The molecule has 0 saturated carbocycles. The van der Waals surface area contributed by atoms with E-state index in [1.54, 1.807) is 14.2 Å². The quantitative estimate of drug-likeness (QED) is 0.215. The molecule has 2 N–H and O–H groups in total. The fraction of sp³-hybridized carbons (Fsp3) is 0.333. The van der Waals surface area contributed by atoms with Crippen molar-refractivity contribution in [2.45, 2.75) is 29.9 Å². The Morgan fingerprint density at radius 1 is 0.868 bits per heavy atom. The third-order valence-corrected chi connectivity index (χ3v) is 7.47. The van der Waals surface area contributed by atoms with E-state index in [9.17, 15) is 14.6 Å². The number of rotatable bonds is 11. The fourth-order valence-corrected chi connectivity index (χ4v) is 5.16. The third-order valence-electron chi connectivity index (χ3n) is 6.49. The van der Waals surface area contributed by atoms with Gasteiger partial charge in [0.2, 0.25) is 0 Å². The molecule has 0 spiro atoms. The molecule has 2 radical (unpaired) electrons. The smallest absolute Gasteiger partial charge is 0.472 e. The summed E-state index contributed by atoms with van der Waals surface area (Å²) in [6.07, 6.45) is -3.65. The SMILES string of the molecule is [B][C@@H]1O[C@H](COC(c2ccccc2)(c2ccc(OC)cc2)c2ccc(OC)cc2)C(OP(=O)(O)OC)[C@@H]1O. The number of benzene rings is 3. The average molecular weight is 540 g/mol. The Balaban J connectivity index is 1.80. The Morgan fingerprint density at radius 3 is 1.84 bits per heavy atom. The van der Waals surface area contributed by atoms with Crippen molar-refractivity contribution < 1.29 is 42.6 Å². The van der Waals surface area contributed by atoms with Crippen LogP contribution in [0.2, 0.25) is 0 Å². The van der Waals surface area contributed by atoms with Crippen LogP contribution in [0.25, 0.3) is 0 Å². The molecule has 1 saturated heterocycles. The molecule has 1 aliphatic heterocycles. The van der Waals surface area contributed by atoms with Gasteiger partial charge in [-0.1, -0.05) is 54.6 Å². The number of aliphatic hydroxyl groups is 1. The zero-order valence-corrected chi connectivity index (χ0v) is 22.2. The van der Waals surface area contributed by atoms with E-state index in [4.69, 9.17) is 31.3 Å². The first-order chi connectivity index (χ1) is 18.2. The molecule has 0 bridgehead atoms. The number of hydrogen-bond donors (Lipinski definition) is 2. The molecule has 2 unspecified atom stereocenters. The van der Waals surface area contributed by atoms with Crippen molar-refractivity contribution in [1.82, 2.24) is 0 Å². The van der Waals surface area contributed by atoms with E-state index in [1.807, 2.05) is 78.9 Å². The first-order valence-corrected chi connectivity index (χ1v) is 13.4. The van der Waals surface area contributed by atoms with Gasteiger partial charge in [0.15, 0.2) is 0 Å². The van der Waals surface area contributed by atoms with Gasteiger partial charge in [0, 0.05) is 13.1 Å². The van der Waals surface area contributed by atoms with Crippen molar-refractivity contribution >= 4 is 15.7 Å².